The topological polar surface area (TPSA) is 60.2 Å². The van der Waals surface area contributed by atoms with Crippen molar-refractivity contribution in [3.8, 4) is 0 Å². The largest absolute Gasteiger partial charge is 0.289 e. The van der Waals surface area contributed by atoms with Gasteiger partial charge in [0.1, 0.15) is 0 Å². The van der Waals surface area contributed by atoms with Gasteiger partial charge in [-0.25, -0.2) is 0 Å². The summed E-state index contributed by atoms with van der Waals surface area (Å²) in [5.74, 6) is -0.179. The first kappa shape index (κ1) is 14.9. The van der Waals surface area contributed by atoms with Gasteiger partial charge < -0.3 is 0 Å². The highest BCUT2D eigenvalue weighted by Crippen LogP contribution is 2.23. The summed E-state index contributed by atoms with van der Waals surface area (Å²) in [6, 6.07) is 11.3. The van der Waals surface area contributed by atoms with Gasteiger partial charge in [-0.15, -0.1) is 0 Å². The summed E-state index contributed by atoms with van der Waals surface area (Å²) in [6.45, 7) is 1.90. The van der Waals surface area contributed by atoms with Crippen LogP contribution in [0.2, 0.25) is 5.02 Å². The quantitative estimate of drug-likeness (QED) is 0.363. The van der Waals surface area contributed by atoms with Gasteiger partial charge in [0.05, 0.1) is 4.92 Å². The van der Waals surface area contributed by atoms with Crippen LogP contribution in [0.4, 0.5) is 5.69 Å². The molecule has 0 amide bonds. The Hall–Kier alpha value is -2.46. The number of benzene rings is 2. The molecule has 0 spiro atoms. The number of carbonyl (C=O) groups excluding carboxylic acids is 1. The fourth-order valence-electron chi connectivity index (χ4n) is 1.83. The summed E-state index contributed by atoms with van der Waals surface area (Å²) >= 11 is 5.97. The zero-order chi connectivity index (χ0) is 15.4. The second-order valence-electron chi connectivity index (χ2n) is 4.53. The van der Waals surface area contributed by atoms with E-state index < -0.39 is 4.92 Å². The summed E-state index contributed by atoms with van der Waals surface area (Å²) in [6.07, 6.45) is 2.85. The number of aryl methyl sites for hydroxylation is 1. The lowest BCUT2D eigenvalue weighted by molar-refractivity contribution is -0.384. The number of hydrogen-bond donors (Lipinski definition) is 0. The highest BCUT2D eigenvalue weighted by atomic mass is 35.5. The SMILES string of the molecule is Cc1cccc(C(=O)/C=C/c2cc([N+](=O)[O-])ccc2Cl)c1. The lowest BCUT2D eigenvalue weighted by Gasteiger charge is -1.99. The molecule has 21 heavy (non-hydrogen) atoms. The Bertz CT molecular complexity index is 738. The Morgan fingerprint density at radius 2 is 2.00 bits per heavy atom. The van der Waals surface area contributed by atoms with Crippen LogP contribution in [0.25, 0.3) is 6.08 Å². The normalized spacial score (nSPS) is 10.8. The van der Waals surface area contributed by atoms with Gasteiger partial charge in [0.2, 0.25) is 0 Å². The van der Waals surface area contributed by atoms with Crippen molar-refractivity contribution in [1.29, 1.82) is 0 Å². The van der Waals surface area contributed by atoms with Crippen LogP contribution in [0, 0.1) is 17.0 Å². The predicted octanol–water partition coefficient (Wildman–Crippen LogP) is 4.45. The maximum absolute atomic E-state index is 12.0. The molecule has 5 heteroatoms. The molecule has 0 bridgehead atoms. The Balaban J connectivity index is 2.27. The number of carbonyl (C=O) groups is 1. The van der Waals surface area contributed by atoms with Gasteiger partial charge in [0.15, 0.2) is 5.78 Å². The number of nitro benzene ring substituents is 1. The van der Waals surface area contributed by atoms with Gasteiger partial charge in [-0.3, -0.25) is 14.9 Å². The van der Waals surface area contributed by atoms with E-state index >= 15 is 0 Å². The molecular weight excluding hydrogens is 290 g/mol. The van der Waals surface area contributed by atoms with Crippen molar-refractivity contribution in [3.63, 3.8) is 0 Å². The van der Waals surface area contributed by atoms with Crippen LogP contribution in [0.5, 0.6) is 0 Å². The van der Waals surface area contributed by atoms with Crippen LogP contribution in [0.3, 0.4) is 0 Å². The minimum absolute atomic E-state index is 0.0675. The molecule has 2 rings (SSSR count). The standard InChI is InChI=1S/C16H12ClNO3/c1-11-3-2-4-13(9-11)16(19)8-5-12-10-14(18(20)21)6-7-15(12)17/h2-10H,1H3/b8-5+. The summed E-state index contributed by atoms with van der Waals surface area (Å²) in [5, 5.41) is 11.1. The lowest BCUT2D eigenvalue weighted by Crippen LogP contribution is -1.94. The Kier molecular flexibility index (Phi) is 4.50. The van der Waals surface area contributed by atoms with E-state index in [0.717, 1.165) is 5.56 Å². The molecule has 0 aliphatic rings. The van der Waals surface area contributed by atoms with E-state index in [1.54, 1.807) is 18.2 Å². The van der Waals surface area contributed by atoms with E-state index in [0.29, 0.717) is 16.1 Å². The number of non-ortho nitro benzene ring substituents is 1. The first-order valence-electron chi connectivity index (χ1n) is 6.20. The van der Waals surface area contributed by atoms with Crippen LogP contribution in [0.15, 0.2) is 48.5 Å². The first-order valence-corrected chi connectivity index (χ1v) is 6.58. The average Bonchev–Trinajstić information content (AvgIpc) is 2.45. The van der Waals surface area contributed by atoms with Crippen LogP contribution < -0.4 is 0 Å². The number of ketones is 1. The van der Waals surface area contributed by atoms with Crippen LogP contribution >= 0.6 is 11.6 Å². The van der Waals surface area contributed by atoms with Crippen molar-refractivity contribution in [3.05, 3.63) is 80.4 Å². The van der Waals surface area contributed by atoms with E-state index in [2.05, 4.69) is 0 Å². The number of allylic oxidation sites excluding steroid dienone is 1. The maximum Gasteiger partial charge on any atom is 0.270 e. The third-order valence-corrected chi connectivity index (χ3v) is 3.25. The van der Waals surface area contributed by atoms with Crippen molar-refractivity contribution in [2.24, 2.45) is 0 Å². The van der Waals surface area contributed by atoms with Gasteiger partial charge >= 0.3 is 0 Å². The minimum atomic E-state index is -0.504. The van der Waals surface area contributed by atoms with Gasteiger partial charge in [0.25, 0.3) is 5.69 Å². The molecule has 2 aromatic carbocycles. The Morgan fingerprint density at radius 3 is 2.67 bits per heavy atom. The molecule has 0 N–H and O–H groups in total. The number of rotatable bonds is 4. The number of nitrogens with zero attached hydrogens (tertiary/aromatic N) is 1. The minimum Gasteiger partial charge on any atom is -0.289 e. The van der Waals surface area contributed by atoms with Crippen molar-refractivity contribution in [1.82, 2.24) is 0 Å². The summed E-state index contributed by atoms with van der Waals surface area (Å²) in [4.78, 5) is 22.3. The molecule has 0 heterocycles. The molecule has 0 unspecified atom stereocenters. The molecule has 0 aromatic heterocycles. The van der Waals surface area contributed by atoms with Gasteiger partial charge in [0, 0.05) is 22.7 Å². The summed E-state index contributed by atoms with van der Waals surface area (Å²) in [5.41, 5.74) is 1.92. The fourth-order valence-corrected chi connectivity index (χ4v) is 2.01. The summed E-state index contributed by atoms with van der Waals surface area (Å²) < 4.78 is 0. The predicted molar refractivity (Wildman–Crippen MR) is 82.6 cm³/mol. The Labute approximate surface area is 126 Å². The molecule has 0 radical (unpaired) electrons. The number of hydrogen-bond acceptors (Lipinski definition) is 3. The highest BCUT2D eigenvalue weighted by molar-refractivity contribution is 6.32. The molecule has 4 nitrogen and oxygen atoms in total. The van der Waals surface area contributed by atoms with Gasteiger partial charge in [-0.2, -0.15) is 0 Å². The molecule has 0 fully saturated rings. The van der Waals surface area contributed by atoms with Crippen LogP contribution in [-0.4, -0.2) is 10.7 Å². The van der Waals surface area contributed by atoms with E-state index in [9.17, 15) is 14.9 Å². The molecular formula is C16H12ClNO3. The zero-order valence-corrected chi connectivity index (χ0v) is 12.0. The third-order valence-electron chi connectivity index (χ3n) is 2.91. The molecule has 0 saturated carbocycles. The van der Waals surface area contributed by atoms with Gasteiger partial charge in [-0.1, -0.05) is 35.4 Å². The molecule has 0 saturated heterocycles. The third kappa shape index (κ3) is 3.77. The smallest absolute Gasteiger partial charge is 0.270 e. The second kappa shape index (κ2) is 6.33. The molecule has 106 valence electrons. The average molecular weight is 302 g/mol. The van der Waals surface area contributed by atoms with E-state index in [4.69, 9.17) is 11.6 Å². The lowest BCUT2D eigenvalue weighted by atomic mass is 10.1. The van der Waals surface area contributed by atoms with Crippen molar-refractivity contribution in [2.45, 2.75) is 6.92 Å². The highest BCUT2D eigenvalue weighted by Gasteiger charge is 2.08. The molecule has 2 aromatic rings. The van der Waals surface area contributed by atoms with Crippen molar-refractivity contribution in [2.75, 3.05) is 0 Å². The fraction of sp³-hybridized carbons (Fsp3) is 0.0625. The number of halogens is 1. The Morgan fingerprint density at radius 1 is 1.24 bits per heavy atom. The monoisotopic (exact) mass is 301 g/mol. The second-order valence-corrected chi connectivity index (χ2v) is 4.94. The van der Waals surface area contributed by atoms with E-state index in [1.165, 1.54) is 30.4 Å². The first-order chi connectivity index (χ1) is 9.97. The van der Waals surface area contributed by atoms with E-state index in [-0.39, 0.29) is 11.5 Å². The van der Waals surface area contributed by atoms with Crippen LogP contribution in [0.1, 0.15) is 21.5 Å². The zero-order valence-electron chi connectivity index (χ0n) is 11.2. The van der Waals surface area contributed by atoms with Crippen molar-refractivity contribution < 1.29 is 9.72 Å². The summed E-state index contributed by atoms with van der Waals surface area (Å²) in [7, 11) is 0. The molecule has 0 atom stereocenters. The van der Waals surface area contributed by atoms with Crippen LogP contribution in [-0.2, 0) is 0 Å². The maximum atomic E-state index is 12.0. The van der Waals surface area contributed by atoms with Gasteiger partial charge in [-0.05, 0) is 36.8 Å². The molecule has 0 aliphatic carbocycles. The molecule has 0 aliphatic heterocycles. The van der Waals surface area contributed by atoms with Crippen molar-refractivity contribution >= 4 is 29.1 Å². The number of nitro groups is 1. The van der Waals surface area contributed by atoms with E-state index in [1.807, 2.05) is 13.0 Å².